The van der Waals surface area contributed by atoms with Gasteiger partial charge in [0.1, 0.15) is 12.0 Å². The van der Waals surface area contributed by atoms with Gasteiger partial charge in [-0.15, -0.1) is 11.3 Å². The lowest BCUT2D eigenvalue weighted by atomic mass is 9.83. The quantitative estimate of drug-likeness (QED) is 0.488. The molecule has 1 aliphatic rings. The van der Waals surface area contributed by atoms with Gasteiger partial charge in [0.25, 0.3) is 0 Å². The molecule has 1 aliphatic heterocycles. The highest BCUT2D eigenvalue weighted by molar-refractivity contribution is 7.13. The van der Waals surface area contributed by atoms with Crippen LogP contribution in [0.15, 0.2) is 52.5 Å². The van der Waals surface area contributed by atoms with Gasteiger partial charge in [-0.1, -0.05) is 37.6 Å². The van der Waals surface area contributed by atoms with E-state index in [0.717, 1.165) is 23.3 Å². The minimum Gasteiger partial charge on any atom is -0.496 e. The van der Waals surface area contributed by atoms with Gasteiger partial charge in [-0.25, -0.2) is 4.98 Å². The van der Waals surface area contributed by atoms with Crippen molar-refractivity contribution in [3.8, 4) is 16.5 Å². The molecular weight excluding hydrogens is 438 g/mol. The van der Waals surface area contributed by atoms with Crippen molar-refractivity contribution in [3.63, 3.8) is 0 Å². The van der Waals surface area contributed by atoms with Crippen LogP contribution in [0.3, 0.4) is 0 Å². The third kappa shape index (κ3) is 5.11. The van der Waals surface area contributed by atoms with Crippen molar-refractivity contribution < 1.29 is 18.7 Å². The maximum Gasteiger partial charge on any atom is 0.236 e. The number of nitrogens with zero attached hydrogens (tertiary/aromatic N) is 2. The Morgan fingerprint density at radius 3 is 2.91 bits per heavy atom. The Labute approximate surface area is 197 Å². The van der Waals surface area contributed by atoms with Crippen molar-refractivity contribution in [2.24, 2.45) is 5.92 Å². The topological polar surface area (TPSA) is 84.7 Å². The van der Waals surface area contributed by atoms with Crippen molar-refractivity contribution in [1.29, 1.82) is 0 Å². The van der Waals surface area contributed by atoms with Crippen molar-refractivity contribution in [2.45, 2.75) is 45.2 Å². The van der Waals surface area contributed by atoms with Crippen LogP contribution < -0.4 is 10.1 Å². The molecule has 4 rings (SSSR count). The van der Waals surface area contributed by atoms with Gasteiger partial charge in [-0.3, -0.25) is 9.59 Å². The number of nitrogens with one attached hydrogen (secondary N) is 1. The molecule has 1 fully saturated rings. The number of aromatic nitrogens is 1. The van der Waals surface area contributed by atoms with Crippen molar-refractivity contribution >= 4 is 23.2 Å². The lowest BCUT2D eigenvalue weighted by Gasteiger charge is -2.41. The average molecular weight is 468 g/mol. The van der Waals surface area contributed by atoms with Gasteiger partial charge >= 0.3 is 0 Å². The molecule has 0 bridgehead atoms. The summed E-state index contributed by atoms with van der Waals surface area (Å²) in [4.78, 5) is 33.5. The molecule has 0 aliphatic carbocycles. The molecule has 1 N–H and O–H groups in total. The van der Waals surface area contributed by atoms with Gasteiger partial charge in [-0.2, -0.15) is 0 Å². The van der Waals surface area contributed by atoms with Crippen LogP contribution in [0.5, 0.6) is 5.75 Å². The summed E-state index contributed by atoms with van der Waals surface area (Å²) in [7, 11) is 1.62. The molecule has 8 heteroatoms. The lowest BCUT2D eigenvalue weighted by molar-refractivity contribution is -0.143. The van der Waals surface area contributed by atoms with E-state index in [-0.39, 0.29) is 30.3 Å². The highest BCUT2D eigenvalue weighted by Gasteiger charge is 2.41. The molecule has 2 unspecified atom stereocenters. The van der Waals surface area contributed by atoms with Crippen LogP contribution in [-0.2, 0) is 16.1 Å². The van der Waals surface area contributed by atoms with Gasteiger partial charge in [0, 0.05) is 18.5 Å². The van der Waals surface area contributed by atoms with E-state index in [1.54, 1.807) is 24.7 Å². The fourth-order valence-electron chi connectivity index (χ4n) is 4.33. The molecule has 7 nitrogen and oxygen atoms in total. The number of rotatable bonds is 9. The number of carbonyl (C=O) groups excluding carboxylic acids is 2. The maximum absolute atomic E-state index is 13.4. The summed E-state index contributed by atoms with van der Waals surface area (Å²) < 4.78 is 11.2. The standard InChI is InChI=1S/C25H29N3O4S/c1-3-4-13-28-22(29)12-11-19(23(28)18-8-5-6-9-20(18)31-2)24(30)26-15-17-16-32-25(27-17)21-10-7-14-33-21/h5-10,14,16,19,23H,3-4,11-13,15H2,1-2H3,(H,26,30). The smallest absolute Gasteiger partial charge is 0.236 e. The fraction of sp³-hybridized carbons (Fsp3) is 0.400. The minimum atomic E-state index is -0.375. The average Bonchev–Trinajstić information content (AvgIpc) is 3.53. The third-order valence-corrected chi connectivity index (χ3v) is 6.84. The largest absolute Gasteiger partial charge is 0.496 e. The van der Waals surface area contributed by atoms with E-state index in [0.29, 0.717) is 36.7 Å². The first kappa shape index (κ1) is 23.0. The number of oxazole rings is 1. The zero-order valence-corrected chi connectivity index (χ0v) is 19.8. The second-order valence-electron chi connectivity index (χ2n) is 8.11. The zero-order valence-electron chi connectivity index (χ0n) is 19.0. The number of thiophene rings is 1. The summed E-state index contributed by atoms with van der Waals surface area (Å²) in [5.74, 6) is 0.851. The van der Waals surface area contributed by atoms with Crippen LogP contribution in [0, 0.1) is 5.92 Å². The van der Waals surface area contributed by atoms with E-state index in [1.807, 2.05) is 46.7 Å². The number of unbranched alkanes of at least 4 members (excludes halogenated alkanes) is 1. The number of likely N-dealkylation sites (tertiary alicyclic amines) is 1. The molecule has 2 amide bonds. The van der Waals surface area contributed by atoms with Gasteiger partial charge in [0.2, 0.25) is 17.7 Å². The first-order chi connectivity index (χ1) is 16.1. The highest BCUT2D eigenvalue weighted by atomic mass is 32.1. The van der Waals surface area contributed by atoms with Crippen LogP contribution >= 0.6 is 11.3 Å². The Kier molecular flexibility index (Phi) is 7.44. The van der Waals surface area contributed by atoms with Crippen LogP contribution in [0.2, 0.25) is 0 Å². The van der Waals surface area contributed by atoms with E-state index < -0.39 is 0 Å². The summed E-state index contributed by atoms with van der Waals surface area (Å²) in [6.45, 7) is 2.99. The number of piperidine rings is 1. The molecule has 33 heavy (non-hydrogen) atoms. The minimum absolute atomic E-state index is 0.0838. The highest BCUT2D eigenvalue weighted by Crippen LogP contribution is 2.41. The summed E-state index contributed by atoms with van der Waals surface area (Å²) in [5.41, 5.74) is 1.53. The molecule has 174 valence electrons. The molecule has 0 spiro atoms. The van der Waals surface area contributed by atoms with Crippen LogP contribution in [0.25, 0.3) is 10.8 Å². The van der Waals surface area contributed by atoms with E-state index in [4.69, 9.17) is 9.15 Å². The molecule has 2 aromatic heterocycles. The SMILES string of the molecule is CCCCN1C(=O)CCC(C(=O)NCc2coc(-c3cccs3)n2)C1c1ccccc1OC. The normalized spacial score (nSPS) is 18.4. The Morgan fingerprint density at radius 1 is 1.30 bits per heavy atom. The monoisotopic (exact) mass is 467 g/mol. The predicted octanol–water partition coefficient (Wildman–Crippen LogP) is 4.81. The number of methoxy groups -OCH3 is 1. The first-order valence-corrected chi connectivity index (χ1v) is 12.2. The Bertz CT molecular complexity index is 1080. The number of hydrogen-bond acceptors (Lipinski definition) is 6. The Balaban J connectivity index is 1.54. The molecule has 3 aromatic rings. The number of amides is 2. The number of carbonyl (C=O) groups is 2. The van der Waals surface area contributed by atoms with Crippen molar-refractivity contribution in [3.05, 3.63) is 59.3 Å². The summed E-state index contributed by atoms with van der Waals surface area (Å²) in [6.07, 6.45) is 4.29. The molecule has 1 aromatic carbocycles. The number of benzene rings is 1. The number of ether oxygens (including phenoxy) is 1. The maximum atomic E-state index is 13.4. The van der Waals surface area contributed by atoms with Crippen LogP contribution in [0.1, 0.15) is 49.9 Å². The summed E-state index contributed by atoms with van der Waals surface area (Å²) in [6, 6.07) is 11.2. The Hall–Kier alpha value is -3.13. The lowest BCUT2D eigenvalue weighted by Crippen LogP contribution is -2.48. The zero-order chi connectivity index (χ0) is 23.2. The van der Waals surface area contributed by atoms with Crippen LogP contribution in [0.4, 0.5) is 0 Å². The van der Waals surface area contributed by atoms with Crippen molar-refractivity contribution in [2.75, 3.05) is 13.7 Å². The number of para-hydroxylation sites is 1. The molecule has 3 heterocycles. The van der Waals surface area contributed by atoms with Gasteiger partial charge in [-0.05, 0) is 30.4 Å². The van der Waals surface area contributed by atoms with E-state index >= 15 is 0 Å². The summed E-state index contributed by atoms with van der Waals surface area (Å²) in [5, 5.41) is 4.99. The number of hydrogen-bond donors (Lipinski definition) is 1. The predicted molar refractivity (Wildman–Crippen MR) is 127 cm³/mol. The molecule has 1 saturated heterocycles. The molecule has 0 saturated carbocycles. The summed E-state index contributed by atoms with van der Waals surface area (Å²) >= 11 is 1.55. The van der Waals surface area contributed by atoms with Crippen LogP contribution in [-0.4, -0.2) is 35.4 Å². The van der Waals surface area contributed by atoms with E-state index in [2.05, 4.69) is 17.2 Å². The molecule has 2 atom stereocenters. The van der Waals surface area contributed by atoms with E-state index in [1.165, 1.54) is 0 Å². The molecule has 0 radical (unpaired) electrons. The van der Waals surface area contributed by atoms with Gasteiger partial charge in [0.15, 0.2) is 0 Å². The fourth-order valence-corrected chi connectivity index (χ4v) is 4.98. The first-order valence-electron chi connectivity index (χ1n) is 11.3. The van der Waals surface area contributed by atoms with Gasteiger partial charge in [0.05, 0.1) is 36.2 Å². The second-order valence-corrected chi connectivity index (χ2v) is 9.06. The second kappa shape index (κ2) is 10.7. The van der Waals surface area contributed by atoms with Gasteiger partial charge < -0.3 is 19.4 Å². The van der Waals surface area contributed by atoms with E-state index in [9.17, 15) is 9.59 Å². The van der Waals surface area contributed by atoms with Crippen molar-refractivity contribution in [1.82, 2.24) is 15.2 Å². The molecular formula is C25H29N3O4S. The third-order valence-electron chi connectivity index (χ3n) is 5.98. The Morgan fingerprint density at radius 2 is 2.15 bits per heavy atom.